The Morgan fingerprint density at radius 1 is 0.900 bits per heavy atom. The molecule has 0 saturated carbocycles. The predicted molar refractivity (Wildman–Crippen MR) is 121 cm³/mol. The highest BCUT2D eigenvalue weighted by atomic mass is 16.5. The summed E-state index contributed by atoms with van der Waals surface area (Å²) in [6, 6.07) is 20.4. The molecule has 154 valence electrons. The molecule has 0 aliphatic carbocycles. The molecule has 1 aliphatic rings. The van der Waals surface area contributed by atoms with Crippen molar-refractivity contribution in [3.63, 3.8) is 0 Å². The van der Waals surface area contributed by atoms with Gasteiger partial charge in [-0.3, -0.25) is 4.90 Å². The Kier molecular flexibility index (Phi) is 6.79. The molecular weight excluding hydrogens is 372 g/mol. The van der Waals surface area contributed by atoms with Crippen molar-refractivity contribution in [2.45, 2.75) is 19.3 Å². The first-order chi connectivity index (χ1) is 14.8. The number of nitrogens with zero attached hydrogens (tertiary/aromatic N) is 4. The van der Waals surface area contributed by atoms with Crippen molar-refractivity contribution >= 4 is 16.5 Å². The van der Waals surface area contributed by atoms with Gasteiger partial charge in [-0.15, -0.1) is 0 Å². The van der Waals surface area contributed by atoms with Gasteiger partial charge in [-0.2, -0.15) is 5.26 Å². The molecule has 30 heavy (non-hydrogen) atoms. The van der Waals surface area contributed by atoms with Gasteiger partial charge in [0.1, 0.15) is 0 Å². The van der Waals surface area contributed by atoms with E-state index in [1.807, 2.05) is 42.6 Å². The van der Waals surface area contributed by atoms with Crippen molar-refractivity contribution in [2.24, 2.45) is 0 Å². The number of anilines is 1. The summed E-state index contributed by atoms with van der Waals surface area (Å²) in [5.41, 5.74) is 1.89. The van der Waals surface area contributed by atoms with Crippen molar-refractivity contribution in [1.82, 2.24) is 9.88 Å². The second-order valence-corrected chi connectivity index (χ2v) is 7.77. The first-order valence-corrected chi connectivity index (χ1v) is 10.8. The highest BCUT2D eigenvalue weighted by Crippen LogP contribution is 2.19. The lowest BCUT2D eigenvalue weighted by atomic mass is 10.1. The van der Waals surface area contributed by atoms with Crippen LogP contribution in [-0.2, 0) is 0 Å². The monoisotopic (exact) mass is 400 g/mol. The molecule has 0 amide bonds. The van der Waals surface area contributed by atoms with Crippen molar-refractivity contribution in [3.8, 4) is 11.9 Å². The molecule has 2 aromatic carbocycles. The summed E-state index contributed by atoms with van der Waals surface area (Å²) in [4.78, 5) is 9.30. The number of piperazine rings is 1. The zero-order valence-corrected chi connectivity index (χ0v) is 17.3. The highest BCUT2D eigenvalue weighted by molar-refractivity contribution is 5.82. The van der Waals surface area contributed by atoms with Gasteiger partial charge in [0.15, 0.2) is 0 Å². The molecule has 5 heteroatoms. The standard InChI is InChI=1S/C25H28N4O/c26-19-21-7-6-10-24(17-21)29-14-12-28(13-15-29)11-4-1-5-16-30-25-18-22-8-2-3-9-23(22)20-27-25/h2-3,6-10,17-18,20H,1,4-5,11-16H2. The summed E-state index contributed by atoms with van der Waals surface area (Å²) in [6.07, 6.45) is 5.28. The van der Waals surface area contributed by atoms with Crippen LogP contribution in [0.1, 0.15) is 24.8 Å². The van der Waals surface area contributed by atoms with E-state index in [0.717, 1.165) is 62.2 Å². The first kappa shape index (κ1) is 20.2. The van der Waals surface area contributed by atoms with Gasteiger partial charge in [0, 0.05) is 49.5 Å². The molecule has 3 aromatic rings. The van der Waals surface area contributed by atoms with Gasteiger partial charge in [-0.05, 0) is 49.4 Å². The Hall–Kier alpha value is -3.10. The third kappa shape index (κ3) is 5.28. The minimum atomic E-state index is 0.713. The molecule has 0 unspecified atom stereocenters. The largest absolute Gasteiger partial charge is 0.478 e. The molecule has 0 spiro atoms. The maximum atomic E-state index is 9.08. The molecule has 5 nitrogen and oxygen atoms in total. The minimum Gasteiger partial charge on any atom is -0.478 e. The average Bonchev–Trinajstić information content (AvgIpc) is 2.81. The molecule has 0 N–H and O–H groups in total. The fourth-order valence-corrected chi connectivity index (χ4v) is 3.94. The van der Waals surface area contributed by atoms with Crippen LogP contribution < -0.4 is 9.64 Å². The summed E-state index contributed by atoms with van der Waals surface area (Å²) >= 11 is 0. The highest BCUT2D eigenvalue weighted by Gasteiger charge is 2.16. The Balaban J connectivity index is 1.12. The number of rotatable bonds is 8. The van der Waals surface area contributed by atoms with Gasteiger partial charge in [0.2, 0.25) is 5.88 Å². The second kappa shape index (κ2) is 10.1. The summed E-state index contributed by atoms with van der Waals surface area (Å²) in [5.74, 6) is 0.713. The number of nitriles is 1. The van der Waals surface area contributed by atoms with Gasteiger partial charge < -0.3 is 9.64 Å². The molecule has 2 heterocycles. The van der Waals surface area contributed by atoms with Gasteiger partial charge in [-0.25, -0.2) is 4.98 Å². The van der Waals surface area contributed by atoms with Gasteiger partial charge in [0.05, 0.1) is 18.2 Å². The first-order valence-electron chi connectivity index (χ1n) is 10.8. The molecule has 1 saturated heterocycles. The van der Waals surface area contributed by atoms with Crippen molar-refractivity contribution in [3.05, 3.63) is 66.4 Å². The molecule has 4 rings (SSSR count). The van der Waals surface area contributed by atoms with Crippen LogP contribution >= 0.6 is 0 Å². The van der Waals surface area contributed by atoms with E-state index in [1.165, 1.54) is 11.8 Å². The van der Waals surface area contributed by atoms with Crippen LogP contribution in [0.25, 0.3) is 10.8 Å². The van der Waals surface area contributed by atoms with E-state index in [2.05, 4.69) is 39.1 Å². The van der Waals surface area contributed by atoms with Gasteiger partial charge in [-0.1, -0.05) is 30.3 Å². The predicted octanol–water partition coefficient (Wildman–Crippen LogP) is 4.48. The van der Waals surface area contributed by atoms with Crippen LogP contribution in [-0.4, -0.2) is 49.2 Å². The fraction of sp³-hybridized carbons (Fsp3) is 0.360. The average molecular weight is 401 g/mol. The molecule has 1 fully saturated rings. The van der Waals surface area contributed by atoms with Crippen LogP contribution in [0.3, 0.4) is 0 Å². The van der Waals surface area contributed by atoms with Gasteiger partial charge >= 0.3 is 0 Å². The SMILES string of the molecule is N#Cc1cccc(N2CCN(CCCCCOc3cc4ccccc4cn3)CC2)c1. The van der Waals surface area contributed by atoms with Crippen molar-refractivity contribution in [1.29, 1.82) is 5.26 Å². The van der Waals surface area contributed by atoms with E-state index >= 15 is 0 Å². The third-order valence-electron chi connectivity index (χ3n) is 5.69. The third-order valence-corrected chi connectivity index (χ3v) is 5.69. The number of ether oxygens (including phenoxy) is 1. The molecule has 1 aliphatic heterocycles. The maximum Gasteiger partial charge on any atom is 0.213 e. The zero-order chi connectivity index (χ0) is 20.6. The number of hydrogen-bond donors (Lipinski definition) is 0. The lowest BCUT2D eigenvalue weighted by Gasteiger charge is -2.36. The van der Waals surface area contributed by atoms with E-state index in [9.17, 15) is 0 Å². The van der Waals surface area contributed by atoms with E-state index in [0.29, 0.717) is 12.5 Å². The van der Waals surface area contributed by atoms with Crippen LogP contribution in [0.4, 0.5) is 5.69 Å². The van der Waals surface area contributed by atoms with Crippen LogP contribution in [0.5, 0.6) is 5.88 Å². The minimum absolute atomic E-state index is 0.713. The fourth-order valence-electron chi connectivity index (χ4n) is 3.94. The molecule has 0 atom stereocenters. The number of unbranched alkanes of at least 4 members (excludes halogenated alkanes) is 2. The molecule has 0 bridgehead atoms. The normalized spacial score (nSPS) is 14.6. The Bertz CT molecular complexity index is 1010. The number of aromatic nitrogens is 1. The van der Waals surface area contributed by atoms with Gasteiger partial charge in [0.25, 0.3) is 0 Å². The summed E-state index contributed by atoms with van der Waals surface area (Å²) < 4.78 is 5.83. The van der Waals surface area contributed by atoms with Crippen LogP contribution in [0.2, 0.25) is 0 Å². The van der Waals surface area contributed by atoms with Crippen molar-refractivity contribution < 1.29 is 4.74 Å². The number of hydrogen-bond acceptors (Lipinski definition) is 5. The lowest BCUT2D eigenvalue weighted by molar-refractivity contribution is 0.245. The topological polar surface area (TPSA) is 52.4 Å². The second-order valence-electron chi connectivity index (χ2n) is 7.77. The Labute approximate surface area is 178 Å². The van der Waals surface area contributed by atoms with Crippen LogP contribution in [0, 0.1) is 11.3 Å². The smallest absolute Gasteiger partial charge is 0.213 e. The van der Waals surface area contributed by atoms with Crippen LogP contribution in [0.15, 0.2) is 60.8 Å². The van der Waals surface area contributed by atoms with E-state index in [4.69, 9.17) is 10.00 Å². The Morgan fingerprint density at radius 2 is 1.73 bits per heavy atom. The van der Waals surface area contributed by atoms with E-state index < -0.39 is 0 Å². The molecule has 1 aromatic heterocycles. The summed E-state index contributed by atoms with van der Waals surface area (Å²) in [7, 11) is 0. The molecular formula is C25H28N4O. The number of pyridine rings is 1. The summed E-state index contributed by atoms with van der Waals surface area (Å²) in [6.45, 7) is 6.05. The molecule has 0 radical (unpaired) electrons. The lowest BCUT2D eigenvalue weighted by Crippen LogP contribution is -2.46. The Morgan fingerprint density at radius 3 is 2.57 bits per heavy atom. The van der Waals surface area contributed by atoms with E-state index in [-0.39, 0.29) is 0 Å². The number of benzene rings is 2. The number of fused-ring (bicyclic) bond motifs is 1. The van der Waals surface area contributed by atoms with Crippen molar-refractivity contribution in [2.75, 3.05) is 44.2 Å². The quantitative estimate of drug-likeness (QED) is 0.522. The summed E-state index contributed by atoms with van der Waals surface area (Å²) in [5, 5.41) is 11.4. The maximum absolute atomic E-state index is 9.08. The zero-order valence-electron chi connectivity index (χ0n) is 17.3. The van der Waals surface area contributed by atoms with E-state index in [1.54, 1.807) is 0 Å².